The van der Waals surface area contributed by atoms with Crippen molar-refractivity contribution in [2.45, 2.75) is 0 Å². The second-order valence-electron chi connectivity index (χ2n) is 1.40. The molecule has 2 amide bonds. The van der Waals surface area contributed by atoms with Gasteiger partial charge in [0.15, 0.2) is 0 Å². The van der Waals surface area contributed by atoms with Crippen LogP contribution in [-0.2, 0) is 18.9 Å². The van der Waals surface area contributed by atoms with E-state index in [0.29, 0.717) is 0 Å². The summed E-state index contributed by atoms with van der Waals surface area (Å²) in [5.41, 5.74) is 8.50. The molecular weight excluding hydrogens is 298 g/mol. The molecule has 16 heavy (non-hydrogen) atoms. The van der Waals surface area contributed by atoms with Gasteiger partial charge in [-0.1, -0.05) is 0 Å². The predicted octanol–water partition coefficient (Wildman–Crippen LogP) is -2.40. The normalized spacial score (nSPS) is 9.19. The fourth-order valence-corrected chi connectivity index (χ4v) is 1.10. The number of carbonyl (C=O) groups is 1. The Balaban J connectivity index is -0.0000000511. The number of hydrogen-bond donors (Lipinski definition) is 7. The van der Waals surface area contributed by atoms with Crippen LogP contribution in [0.3, 0.4) is 0 Å². The molecule has 98 valence electrons. The molecule has 0 spiro atoms. The van der Waals surface area contributed by atoms with Gasteiger partial charge >= 0.3 is 75.6 Å². The molecule has 0 aliphatic carbocycles. The Bertz CT molecular complexity index is 306. The van der Waals surface area contributed by atoms with Crippen molar-refractivity contribution < 1.29 is 36.1 Å². The molecule has 15 heteroatoms. The number of urea groups is 1. The third-order valence-corrected chi connectivity index (χ3v) is 1.72. The molecule has 0 saturated carbocycles. The minimum absolute atomic E-state index is 0. The van der Waals surface area contributed by atoms with E-state index in [2.05, 4.69) is 15.4 Å². The summed E-state index contributed by atoms with van der Waals surface area (Å²) in [7, 11) is -10.2. The van der Waals surface area contributed by atoms with Crippen molar-refractivity contribution in [3.05, 3.63) is 0 Å². The Morgan fingerprint density at radius 3 is 1.38 bits per heavy atom. The number of phosphoric acid groups is 1. The number of primary amides is 2. The van der Waals surface area contributed by atoms with E-state index in [1.165, 1.54) is 0 Å². The Kier molecular flexibility index (Phi) is 23.2. The van der Waals surface area contributed by atoms with Gasteiger partial charge in [0.25, 0.3) is 0 Å². The van der Waals surface area contributed by atoms with Gasteiger partial charge in [0.2, 0.25) is 0 Å². The van der Waals surface area contributed by atoms with Crippen LogP contribution in [0.1, 0.15) is 0 Å². The number of nitrogens with two attached hydrogens (primary N) is 2. The van der Waals surface area contributed by atoms with E-state index in [1.54, 1.807) is 0 Å². The number of rotatable bonds is 2. The molecule has 0 saturated heterocycles. The molecule has 13 N–H and O–H groups in total. The minimum atomic E-state index is -5.13. The maximum absolute atomic E-state index is 9.58. The van der Waals surface area contributed by atoms with Crippen molar-refractivity contribution in [3.8, 4) is 0 Å². The van der Waals surface area contributed by atoms with Crippen LogP contribution in [0, 0.1) is 0 Å². The second-order valence-corrected chi connectivity index (χ2v) is 3.83. The molecule has 0 aromatic heterocycles. The average molecular weight is 312 g/mol. The van der Waals surface area contributed by atoms with Gasteiger partial charge in [0.1, 0.15) is 0 Å². The molecule has 0 bridgehead atoms. The van der Waals surface area contributed by atoms with Crippen LogP contribution in [0.15, 0.2) is 0 Å². The van der Waals surface area contributed by atoms with Crippen LogP contribution in [0.2, 0.25) is 0 Å². The number of amides is 2. The number of hydrogen-bond acceptors (Lipinski definition) is 7. The quantitative estimate of drug-likeness (QED) is 0.161. The fourth-order valence-electron chi connectivity index (χ4n) is 0.123. The maximum atomic E-state index is 9.58. The van der Waals surface area contributed by atoms with Gasteiger partial charge in [-0.3, -0.25) is 4.55 Å². The van der Waals surface area contributed by atoms with E-state index in [4.69, 9.17) is 19.1 Å². The molecule has 0 aliphatic heterocycles. The molecule has 0 rings (SSSR count). The fraction of sp³-hybridized carbons (Fsp3) is 0. The summed E-state index contributed by atoms with van der Waals surface area (Å²) in [5, 5.41) is 0. The van der Waals surface area contributed by atoms with Crippen molar-refractivity contribution in [3.63, 3.8) is 0 Å². The van der Waals surface area contributed by atoms with Crippen molar-refractivity contribution in [1.29, 1.82) is 0 Å². The second kappa shape index (κ2) is 12.3. The average Bonchev–Trinajstić information content (AvgIpc) is 1.47. The summed E-state index contributed by atoms with van der Waals surface area (Å²) in [6.45, 7) is 0. The topological polar surface area (TPSA) is 260 Å². The Morgan fingerprint density at radius 2 is 1.38 bits per heavy atom. The van der Waals surface area contributed by atoms with E-state index in [-0.39, 0.29) is 63.7 Å². The van der Waals surface area contributed by atoms with Crippen molar-refractivity contribution >= 4 is 75.6 Å². The molecule has 12 nitrogen and oxygen atoms in total. The van der Waals surface area contributed by atoms with Crippen LogP contribution in [0.25, 0.3) is 0 Å². The molecule has 0 fully saturated rings. The van der Waals surface area contributed by atoms with Gasteiger partial charge in [0, 0.05) is 0 Å². The standard InChI is InChI=1S/CH4N2O.K.2H3N.H3O7PS.H/c2-1(3)4;;;;1-8(2,3)7-9(4,5)6;/h(H4,2,3,4);;2*1H3;(H2,1,2,3)(H,4,5,6);. The van der Waals surface area contributed by atoms with Gasteiger partial charge in [-0.05, 0) is 0 Å². The molecule has 0 heterocycles. The SMILES string of the molecule is N.N.NC(N)=O.O=P(O)(O)OS(=O)(=O)O.[KH]. The van der Waals surface area contributed by atoms with Crippen molar-refractivity contribution in [1.82, 2.24) is 12.3 Å². The van der Waals surface area contributed by atoms with Gasteiger partial charge < -0.3 is 33.6 Å². The van der Waals surface area contributed by atoms with Gasteiger partial charge in [-0.15, -0.1) is 3.97 Å². The van der Waals surface area contributed by atoms with Crippen LogP contribution < -0.4 is 23.8 Å². The Hall–Kier alpha value is 0.846. The summed E-state index contributed by atoms with van der Waals surface area (Å²) < 4.78 is 39.0. The van der Waals surface area contributed by atoms with Crippen molar-refractivity contribution in [2.24, 2.45) is 11.5 Å². The van der Waals surface area contributed by atoms with Crippen LogP contribution >= 0.6 is 7.82 Å². The van der Waals surface area contributed by atoms with Crippen LogP contribution in [-0.4, -0.2) is 80.2 Å². The first-order valence-corrected chi connectivity index (χ1v) is 5.12. The predicted molar refractivity (Wildman–Crippen MR) is 55.6 cm³/mol. The zero-order valence-corrected chi connectivity index (χ0v) is 9.02. The van der Waals surface area contributed by atoms with E-state index < -0.39 is 24.3 Å². The summed E-state index contributed by atoms with van der Waals surface area (Å²) in [6, 6.07) is -0.833. The Morgan fingerprint density at radius 1 is 1.19 bits per heavy atom. The molecule has 0 aromatic rings. The van der Waals surface area contributed by atoms with Crippen LogP contribution in [0.4, 0.5) is 4.79 Å². The molecule has 0 aliphatic rings. The van der Waals surface area contributed by atoms with Gasteiger partial charge in [0.05, 0.1) is 0 Å². The third kappa shape index (κ3) is 60.7. The van der Waals surface area contributed by atoms with Crippen molar-refractivity contribution in [2.75, 3.05) is 0 Å². The van der Waals surface area contributed by atoms with Gasteiger partial charge in [-0.2, -0.15) is 8.42 Å². The Labute approximate surface area is 134 Å². The van der Waals surface area contributed by atoms with Gasteiger partial charge in [-0.25, -0.2) is 9.36 Å². The molecular formula is CH14KN4O8PS. The summed E-state index contributed by atoms with van der Waals surface area (Å²) >= 11 is 0. The first kappa shape index (κ1) is 30.1. The number of carbonyl (C=O) groups excluding carboxylic acids is 1. The zero-order valence-electron chi connectivity index (χ0n) is 7.31. The molecule has 0 aromatic carbocycles. The summed E-state index contributed by atoms with van der Waals surface area (Å²) in [6.07, 6.45) is 0. The molecule has 0 radical (unpaired) electrons. The van der Waals surface area contributed by atoms with E-state index in [1.807, 2.05) is 0 Å². The van der Waals surface area contributed by atoms with E-state index >= 15 is 0 Å². The zero-order chi connectivity index (χ0) is 11.3. The first-order chi connectivity index (χ1) is 5.44. The monoisotopic (exact) mass is 312 g/mol. The third-order valence-electron chi connectivity index (χ3n) is 0.191. The first-order valence-electron chi connectivity index (χ1n) is 2.23. The molecule has 0 atom stereocenters. The summed E-state index contributed by atoms with van der Waals surface area (Å²) in [4.78, 5) is 24.4. The molecule has 0 unspecified atom stereocenters. The van der Waals surface area contributed by atoms with E-state index in [9.17, 15) is 13.0 Å². The summed E-state index contributed by atoms with van der Waals surface area (Å²) in [5.74, 6) is 0. The van der Waals surface area contributed by atoms with Crippen LogP contribution in [0.5, 0.6) is 0 Å². The van der Waals surface area contributed by atoms with E-state index in [0.717, 1.165) is 0 Å².